The summed E-state index contributed by atoms with van der Waals surface area (Å²) in [4.78, 5) is 2.54. The van der Waals surface area contributed by atoms with E-state index in [1.54, 1.807) is 12.1 Å². The predicted molar refractivity (Wildman–Crippen MR) is 121 cm³/mol. The van der Waals surface area contributed by atoms with Gasteiger partial charge in [-0.2, -0.15) is 0 Å². The lowest BCUT2D eigenvalue weighted by molar-refractivity contribution is 0.190. The third kappa shape index (κ3) is 3.80. The van der Waals surface area contributed by atoms with Crippen molar-refractivity contribution in [1.82, 2.24) is 14.0 Å². The van der Waals surface area contributed by atoms with Crippen molar-refractivity contribution >= 4 is 10.9 Å². The van der Waals surface area contributed by atoms with Crippen molar-refractivity contribution in [3.8, 4) is 11.3 Å². The summed E-state index contributed by atoms with van der Waals surface area (Å²) in [7, 11) is 2.10. The molecule has 0 atom stereocenters. The molecule has 2 aromatic carbocycles. The molecular formula is C26H28FN3. The largest absolute Gasteiger partial charge is 0.351 e. The van der Waals surface area contributed by atoms with E-state index in [9.17, 15) is 4.39 Å². The second-order valence-corrected chi connectivity index (χ2v) is 8.45. The fourth-order valence-electron chi connectivity index (χ4n) is 4.75. The summed E-state index contributed by atoms with van der Waals surface area (Å²) in [5, 5.41) is 1.31. The van der Waals surface area contributed by atoms with E-state index in [1.807, 2.05) is 12.1 Å². The molecule has 30 heavy (non-hydrogen) atoms. The lowest BCUT2D eigenvalue weighted by Crippen LogP contribution is -2.35. The maximum atomic E-state index is 13.1. The van der Waals surface area contributed by atoms with E-state index in [0.717, 1.165) is 26.1 Å². The Morgan fingerprint density at radius 3 is 2.47 bits per heavy atom. The molecule has 2 aromatic heterocycles. The Balaban J connectivity index is 1.26. The number of aryl methyl sites for hydroxylation is 1. The van der Waals surface area contributed by atoms with Gasteiger partial charge in [-0.3, -0.25) is 0 Å². The first-order valence-corrected chi connectivity index (χ1v) is 10.9. The van der Waals surface area contributed by atoms with Crippen molar-refractivity contribution < 1.29 is 4.39 Å². The molecule has 0 amide bonds. The summed E-state index contributed by atoms with van der Waals surface area (Å²) in [6.45, 7) is 3.27. The standard InChI is InChI=1S/C26H28FN3/c1-28-14-2-3-25(28)22-7-6-21-11-18-30(26(21)19-22)24-12-16-29(17-13-24)15-10-20-4-8-23(27)9-5-20/h2-9,11,14,18-19,24H,10,12-13,15-17H2,1H3. The van der Waals surface area contributed by atoms with Crippen LogP contribution in [-0.2, 0) is 13.5 Å². The van der Waals surface area contributed by atoms with Crippen LogP contribution in [0.4, 0.5) is 4.39 Å². The molecule has 4 aromatic rings. The van der Waals surface area contributed by atoms with Crippen LogP contribution in [-0.4, -0.2) is 33.7 Å². The molecule has 3 nitrogen and oxygen atoms in total. The molecule has 0 bridgehead atoms. The Kier molecular flexibility index (Phi) is 5.17. The number of aromatic nitrogens is 2. The number of benzene rings is 2. The zero-order valence-electron chi connectivity index (χ0n) is 17.5. The monoisotopic (exact) mass is 401 g/mol. The van der Waals surface area contributed by atoms with Crippen LogP contribution in [0.3, 0.4) is 0 Å². The summed E-state index contributed by atoms with van der Waals surface area (Å²) >= 11 is 0. The third-order valence-electron chi connectivity index (χ3n) is 6.54. The maximum Gasteiger partial charge on any atom is 0.123 e. The molecule has 5 rings (SSSR count). The average molecular weight is 402 g/mol. The van der Waals surface area contributed by atoms with Gasteiger partial charge in [0.05, 0.1) is 0 Å². The Labute approximate surface area is 177 Å². The van der Waals surface area contributed by atoms with Crippen molar-refractivity contribution in [3.63, 3.8) is 0 Å². The minimum atomic E-state index is -0.159. The maximum absolute atomic E-state index is 13.1. The summed E-state index contributed by atoms with van der Waals surface area (Å²) in [6, 6.07) is 20.8. The molecule has 154 valence electrons. The van der Waals surface area contributed by atoms with Gasteiger partial charge in [0.1, 0.15) is 5.82 Å². The molecule has 0 radical (unpaired) electrons. The number of hydrogen-bond donors (Lipinski definition) is 0. The van der Waals surface area contributed by atoms with Gasteiger partial charge in [0.25, 0.3) is 0 Å². The third-order valence-corrected chi connectivity index (χ3v) is 6.54. The van der Waals surface area contributed by atoms with E-state index in [0.29, 0.717) is 6.04 Å². The first kappa shape index (κ1) is 19.1. The Hall–Kier alpha value is -2.85. The quantitative estimate of drug-likeness (QED) is 0.420. The van der Waals surface area contributed by atoms with Gasteiger partial charge in [-0.1, -0.05) is 24.3 Å². The molecule has 3 heterocycles. The van der Waals surface area contributed by atoms with E-state index >= 15 is 0 Å². The Morgan fingerprint density at radius 2 is 1.73 bits per heavy atom. The lowest BCUT2D eigenvalue weighted by atomic mass is 10.0. The minimum Gasteiger partial charge on any atom is -0.351 e. The summed E-state index contributed by atoms with van der Waals surface area (Å²) in [5.74, 6) is -0.159. The molecule has 0 saturated carbocycles. The van der Waals surface area contributed by atoms with Crippen molar-refractivity contribution in [1.29, 1.82) is 0 Å². The van der Waals surface area contributed by atoms with E-state index < -0.39 is 0 Å². The fourth-order valence-corrected chi connectivity index (χ4v) is 4.75. The number of fused-ring (bicyclic) bond motifs is 1. The van der Waals surface area contributed by atoms with Crippen LogP contribution in [0.25, 0.3) is 22.2 Å². The van der Waals surface area contributed by atoms with Crippen LogP contribution in [0, 0.1) is 5.82 Å². The minimum absolute atomic E-state index is 0.159. The molecule has 4 heteroatoms. The van der Waals surface area contributed by atoms with E-state index in [2.05, 4.69) is 69.9 Å². The van der Waals surface area contributed by atoms with E-state index in [-0.39, 0.29) is 5.82 Å². The zero-order valence-corrected chi connectivity index (χ0v) is 17.5. The van der Waals surface area contributed by atoms with Crippen molar-refractivity contribution in [2.24, 2.45) is 7.05 Å². The normalized spacial score (nSPS) is 15.8. The highest BCUT2D eigenvalue weighted by atomic mass is 19.1. The van der Waals surface area contributed by atoms with Gasteiger partial charge >= 0.3 is 0 Å². The smallest absolute Gasteiger partial charge is 0.123 e. The van der Waals surface area contributed by atoms with E-state index in [1.165, 1.54) is 40.6 Å². The van der Waals surface area contributed by atoms with Gasteiger partial charge in [0.2, 0.25) is 0 Å². The fraction of sp³-hybridized carbons (Fsp3) is 0.308. The molecule has 1 saturated heterocycles. The van der Waals surface area contributed by atoms with Crippen LogP contribution in [0.15, 0.2) is 73.1 Å². The van der Waals surface area contributed by atoms with Crippen molar-refractivity contribution in [2.75, 3.05) is 19.6 Å². The van der Waals surface area contributed by atoms with Gasteiger partial charge in [0, 0.05) is 61.9 Å². The number of rotatable bonds is 5. The Bertz CT molecular complexity index is 1130. The number of piperidine rings is 1. The second kappa shape index (κ2) is 8.11. The number of halogens is 1. The lowest BCUT2D eigenvalue weighted by Gasteiger charge is -2.33. The summed E-state index contributed by atoms with van der Waals surface area (Å²) < 4.78 is 17.7. The van der Waals surface area contributed by atoms with E-state index in [4.69, 9.17) is 0 Å². The molecule has 1 aliphatic heterocycles. The predicted octanol–water partition coefficient (Wildman–Crippen LogP) is 5.67. The van der Waals surface area contributed by atoms with Crippen molar-refractivity contribution in [3.05, 3.63) is 84.4 Å². The molecule has 0 N–H and O–H groups in total. The van der Waals surface area contributed by atoms with Gasteiger partial charge in [-0.15, -0.1) is 0 Å². The molecular weight excluding hydrogens is 373 g/mol. The highest BCUT2D eigenvalue weighted by Gasteiger charge is 2.21. The second-order valence-electron chi connectivity index (χ2n) is 8.45. The summed E-state index contributed by atoms with van der Waals surface area (Å²) in [5.41, 5.74) is 5.06. The van der Waals surface area contributed by atoms with Crippen LogP contribution in [0.1, 0.15) is 24.4 Å². The first-order valence-electron chi connectivity index (χ1n) is 10.9. The molecule has 1 fully saturated rings. The summed E-state index contributed by atoms with van der Waals surface area (Å²) in [6.07, 6.45) is 7.68. The Morgan fingerprint density at radius 1 is 0.933 bits per heavy atom. The first-order chi connectivity index (χ1) is 14.7. The van der Waals surface area contributed by atoms with Crippen LogP contribution < -0.4 is 0 Å². The number of likely N-dealkylation sites (tertiary alicyclic amines) is 1. The molecule has 0 aliphatic carbocycles. The SMILES string of the molecule is Cn1cccc1-c1ccc2ccn(C3CCN(CCc4ccc(F)cc4)CC3)c2c1. The molecule has 1 aliphatic rings. The topological polar surface area (TPSA) is 13.1 Å². The van der Waals surface area contributed by atoms with Crippen LogP contribution >= 0.6 is 0 Å². The van der Waals surface area contributed by atoms with Crippen LogP contribution in [0.2, 0.25) is 0 Å². The molecule has 0 unspecified atom stereocenters. The average Bonchev–Trinajstić information content (AvgIpc) is 3.39. The van der Waals surface area contributed by atoms with Gasteiger partial charge in [0.15, 0.2) is 0 Å². The highest BCUT2D eigenvalue weighted by Crippen LogP contribution is 2.31. The zero-order chi connectivity index (χ0) is 20.5. The highest BCUT2D eigenvalue weighted by molar-refractivity contribution is 5.85. The van der Waals surface area contributed by atoms with Gasteiger partial charge in [-0.05, 0) is 66.6 Å². The van der Waals surface area contributed by atoms with Crippen LogP contribution in [0.5, 0.6) is 0 Å². The van der Waals surface area contributed by atoms with Gasteiger partial charge < -0.3 is 14.0 Å². The molecule has 0 spiro atoms. The van der Waals surface area contributed by atoms with Gasteiger partial charge in [-0.25, -0.2) is 4.39 Å². The van der Waals surface area contributed by atoms with Crippen molar-refractivity contribution in [2.45, 2.75) is 25.3 Å². The number of hydrogen-bond acceptors (Lipinski definition) is 1. The number of nitrogens with zero attached hydrogens (tertiary/aromatic N) is 3.